The van der Waals surface area contributed by atoms with Crippen molar-refractivity contribution < 1.29 is 4.74 Å². The lowest BCUT2D eigenvalue weighted by Gasteiger charge is -2.15. The molecule has 0 amide bonds. The summed E-state index contributed by atoms with van der Waals surface area (Å²) in [6.45, 7) is 6.39. The maximum Gasteiger partial charge on any atom is 0.0620 e. The molecular formula is C16H24N2O. The maximum absolute atomic E-state index is 5.37. The second-order valence-corrected chi connectivity index (χ2v) is 5.74. The Hall–Kier alpha value is -0.900. The molecular weight excluding hydrogens is 236 g/mol. The topological polar surface area (TPSA) is 24.5 Å². The van der Waals surface area contributed by atoms with Crippen molar-refractivity contribution in [1.29, 1.82) is 0 Å². The summed E-state index contributed by atoms with van der Waals surface area (Å²) in [5.74, 6) is 0. The molecule has 2 aliphatic rings. The first-order valence-corrected chi connectivity index (χ1v) is 7.51. The van der Waals surface area contributed by atoms with E-state index in [2.05, 4.69) is 34.5 Å². The van der Waals surface area contributed by atoms with Gasteiger partial charge in [0.05, 0.1) is 6.61 Å². The van der Waals surface area contributed by atoms with Crippen LogP contribution in [0.5, 0.6) is 0 Å². The van der Waals surface area contributed by atoms with Crippen molar-refractivity contribution in [2.24, 2.45) is 0 Å². The van der Waals surface area contributed by atoms with E-state index in [1.807, 2.05) is 0 Å². The Labute approximate surface area is 115 Å². The summed E-state index contributed by atoms with van der Waals surface area (Å²) < 4.78 is 5.37. The smallest absolute Gasteiger partial charge is 0.0620 e. The molecule has 1 atom stereocenters. The monoisotopic (exact) mass is 260 g/mol. The number of benzene rings is 1. The van der Waals surface area contributed by atoms with E-state index in [0.717, 1.165) is 32.7 Å². The minimum Gasteiger partial charge on any atom is -0.380 e. The first kappa shape index (κ1) is 13.1. The summed E-state index contributed by atoms with van der Waals surface area (Å²) in [7, 11) is 0. The van der Waals surface area contributed by atoms with E-state index in [0.29, 0.717) is 6.04 Å². The SMILES string of the molecule is c1cc(CN2CCCC2)ccc1CNC1CCOC1. The van der Waals surface area contributed by atoms with E-state index in [9.17, 15) is 0 Å². The highest BCUT2D eigenvalue weighted by Gasteiger charge is 2.14. The molecule has 0 saturated carbocycles. The van der Waals surface area contributed by atoms with Crippen LogP contribution in [0.1, 0.15) is 30.4 Å². The van der Waals surface area contributed by atoms with Crippen molar-refractivity contribution in [1.82, 2.24) is 10.2 Å². The lowest BCUT2D eigenvalue weighted by atomic mass is 10.1. The molecule has 3 nitrogen and oxygen atoms in total. The molecule has 104 valence electrons. The Kier molecular flexibility index (Phi) is 4.49. The lowest BCUT2D eigenvalue weighted by molar-refractivity contribution is 0.190. The van der Waals surface area contributed by atoms with Crippen LogP contribution in [0.2, 0.25) is 0 Å². The minimum absolute atomic E-state index is 0.546. The van der Waals surface area contributed by atoms with Crippen LogP contribution in [0.15, 0.2) is 24.3 Å². The second kappa shape index (κ2) is 6.51. The first-order chi connectivity index (χ1) is 9.40. The van der Waals surface area contributed by atoms with E-state index in [1.165, 1.54) is 37.1 Å². The highest BCUT2D eigenvalue weighted by Crippen LogP contribution is 2.13. The molecule has 1 unspecified atom stereocenters. The largest absolute Gasteiger partial charge is 0.380 e. The quantitative estimate of drug-likeness (QED) is 0.878. The van der Waals surface area contributed by atoms with Crippen LogP contribution in [-0.2, 0) is 17.8 Å². The molecule has 2 saturated heterocycles. The number of rotatable bonds is 5. The molecule has 0 aromatic heterocycles. The third-order valence-corrected chi connectivity index (χ3v) is 4.15. The molecule has 1 aromatic carbocycles. The molecule has 3 heteroatoms. The summed E-state index contributed by atoms with van der Waals surface area (Å²) in [4.78, 5) is 2.54. The molecule has 2 heterocycles. The van der Waals surface area contributed by atoms with Crippen molar-refractivity contribution in [3.63, 3.8) is 0 Å². The number of hydrogen-bond donors (Lipinski definition) is 1. The predicted octanol–water partition coefficient (Wildman–Crippen LogP) is 2.16. The number of nitrogens with one attached hydrogen (secondary N) is 1. The van der Waals surface area contributed by atoms with Crippen LogP contribution in [0, 0.1) is 0 Å². The van der Waals surface area contributed by atoms with Crippen LogP contribution < -0.4 is 5.32 Å². The van der Waals surface area contributed by atoms with Gasteiger partial charge in [0, 0.05) is 25.7 Å². The van der Waals surface area contributed by atoms with E-state index >= 15 is 0 Å². The van der Waals surface area contributed by atoms with Crippen molar-refractivity contribution in [2.75, 3.05) is 26.3 Å². The van der Waals surface area contributed by atoms with Crippen molar-refractivity contribution in [3.8, 4) is 0 Å². The fourth-order valence-electron chi connectivity index (χ4n) is 2.92. The summed E-state index contributed by atoms with van der Waals surface area (Å²) in [5.41, 5.74) is 2.81. The molecule has 0 bridgehead atoms. The van der Waals surface area contributed by atoms with E-state index < -0.39 is 0 Å². The molecule has 0 aliphatic carbocycles. The number of likely N-dealkylation sites (tertiary alicyclic amines) is 1. The Morgan fingerprint density at radius 2 is 1.84 bits per heavy atom. The Balaban J connectivity index is 1.47. The summed E-state index contributed by atoms with van der Waals surface area (Å²) in [6.07, 6.45) is 3.88. The zero-order valence-electron chi connectivity index (χ0n) is 11.6. The minimum atomic E-state index is 0.546. The number of hydrogen-bond acceptors (Lipinski definition) is 3. The van der Waals surface area contributed by atoms with E-state index in [-0.39, 0.29) is 0 Å². The molecule has 19 heavy (non-hydrogen) atoms. The van der Waals surface area contributed by atoms with E-state index in [1.54, 1.807) is 0 Å². The Morgan fingerprint density at radius 1 is 1.11 bits per heavy atom. The van der Waals surface area contributed by atoms with Gasteiger partial charge < -0.3 is 10.1 Å². The lowest BCUT2D eigenvalue weighted by Crippen LogP contribution is -2.28. The molecule has 2 fully saturated rings. The van der Waals surface area contributed by atoms with Crippen LogP contribution in [0.3, 0.4) is 0 Å². The van der Waals surface area contributed by atoms with Gasteiger partial charge in [0.2, 0.25) is 0 Å². The molecule has 2 aliphatic heterocycles. The average Bonchev–Trinajstić information content (AvgIpc) is 3.11. The van der Waals surface area contributed by atoms with Crippen molar-refractivity contribution >= 4 is 0 Å². The van der Waals surface area contributed by atoms with Crippen LogP contribution in [0.25, 0.3) is 0 Å². The van der Waals surface area contributed by atoms with Gasteiger partial charge in [0.15, 0.2) is 0 Å². The van der Waals surface area contributed by atoms with Gasteiger partial charge in [-0.15, -0.1) is 0 Å². The first-order valence-electron chi connectivity index (χ1n) is 7.51. The fraction of sp³-hybridized carbons (Fsp3) is 0.625. The van der Waals surface area contributed by atoms with Crippen LogP contribution >= 0.6 is 0 Å². The van der Waals surface area contributed by atoms with Gasteiger partial charge >= 0.3 is 0 Å². The Morgan fingerprint density at radius 3 is 2.53 bits per heavy atom. The summed E-state index contributed by atoms with van der Waals surface area (Å²) in [5, 5.41) is 3.56. The maximum atomic E-state index is 5.37. The summed E-state index contributed by atoms with van der Waals surface area (Å²) in [6, 6.07) is 9.62. The van der Waals surface area contributed by atoms with Crippen molar-refractivity contribution in [2.45, 2.75) is 38.4 Å². The summed E-state index contributed by atoms with van der Waals surface area (Å²) >= 11 is 0. The van der Waals surface area contributed by atoms with Gasteiger partial charge in [-0.3, -0.25) is 4.90 Å². The Bertz CT molecular complexity index is 378. The highest BCUT2D eigenvalue weighted by atomic mass is 16.5. The van der Waals surface area contributed by atoms with Crippen LogP contribution in [-0.4, -0.2) is 37.2 Å². The number of nitrogens with zero attached hydrogens (tertiary/aromatic N) is 1. The van der Waals surface area contributed by atoms with Gasteiger partial charge in [-0.1, -0.05) is 24.3 Å². The normalized spacial score (nSPS) is 24.1. The zero-order chi connectivity index (χ0) is 12.9. The van der Waals surface area contributed by atoms with E-state index in [4.69, 9.17) is 4.74 Å². The van der Waals surface area contributed by atoms with Gasteiger partial charge in [-0.25, -0.2) is 0 Å². The van der Waals surface area contributed by atoms with Gasteiger partial charge in [-0.05, 0) is 43.5 Å². The average molecular weight is 260 g/mol. The fourth-order valence-corrected chi connectivity index (χ4v) is 2.92. The number of ether oxygens (including phenoxy) is 1. The zero-order valence-corrected chi connectivity index (χ0v) is 11.6. The van der Waals surface area contributed by atoms with Gasteiger partial charge in [0.1, 0.15) is 0 Å². The third kappa shape index (κ3) is 3.78. The molecule has 0 spiro atoms. The van der Waals surface area contributed by atoms with Gasteiger partial charge in [-0.2, -0.15) is 0 Å². The second-order valence-electron chi connectivity index (χ2n) is 5.74. The molecule has 0 radical (unpaired) electrons. The third-order valence-electron chi connectivity index (χ3n) is 4.15. The van der Waals surface area contributed by atoms with Gasteiger partial charge in [0.25, 0.3) is 0 Å². The standard InChI is InChI=1S/C16H24N2O/c1-2-9-18(8-1)12-15-5-3-14(4-6-15)11-17-16-7-10-19-13-16/h3-6,16-17H,1-2,7-13H2. The van der Waals surface area contributed by atoms with Crippen LogP contribution in [0.4, 0.5) is 0 Å². The van der Waals surface area contributed by atoms with Crippen molar-refractivity contribution in [3.05, 3.63) is 35.4 Å². The highest BCUT2D eigenvalue weighted by molar-refractivity contribution is 5.22. The molecule has 1 N–H and O–H groups in total. The molecule has 1 aromatic rings. The predicted molar refractivity (Wildman–Crippen MR) is 77.0 cm³/mol. The molecule has 3 rings (SSSR count).